The van der Waals surface area contributed by atoms with E-state index >= 15 is 0 Å². The number of benzene rings is 3. The van der Waals surface area contributed by atoms with Crippen molar-refractivity contribution in [2.75, 3.05) is 18.6 Å². The van der Waals surface area contributed by atoms with Gasteiger partial charge in [-0.3, -0.25) is 14.9 Å². The number of hydrogen-bond acceptors (Lipinski definition) is 6. The maximum atomic E-state index is 12.2. The number of nitro benzene ring substituents is 1. The summed E-state index contributed by atoms with van der Waals surface area (Å²) in [6.07, 6.45) is 3.76. The molecule has 1 aliphatic rings. The van der Waals surface area contributed by atoms with Gasteiger partial charge in [-0.2, -0.15) is 5.10 Å². The van der Waals surface area contributed by atoms with Crippen LogP contribution in [-0.2, 0) is 13.0 Å². The van der Waals surface area contributed by atoms with E-state index in [2.05, 4.69) is 39.7 Å². The van der Waals surface area contributed by atoms with Crippen LogP contribution in [0.4, 0.5) is 11.4 Å². The van der Waals surface area contributed by atoms with Crippen molar-refractivity contribution < 1.29 is 14.5 Å². The number of para-hydroxylation sites is 1. The Balaban J connectivity index is 1.46. The molecule has 0 spiro atoms. The summed E-state index contributed by atoms with van der Waals surface area (Å²) in [6, 6.07) is 19.6. The fourth-order valence-corrected chi connectivity index (χ4v) is 3.95. The summed E-state index contributed by atoms with van der Waals surface area (Å²) < 4.78 is 5.57. The highest BCUT2D eigenvalue weighted by atomic mass is 16.6. The van der Waals surface area contributed by atoms with Crippen molar-refractivity contribution >= 4 is 23.5 Å². The SMILES string of the molecule is COc1ccc(/C=N\NC(=O)c2ccc([N+](=O)[O-])cc2)cc1CN1CCCc2ccccc21. The molecule has 4 rings (SSSR count). The molecule has 1 amide bonds. The number of amides is 1. The zero-order valence-electron chi connectivity index (χ0n) is 18.2. The summed E-state index contributed by atoms with van der Waals surface area (Å²) in [4.78, 5) is 24.8. The van der Waals surface area contributed by atoms with Gasteiger partial charge in [0.15, 0.2) is 0 Å². The lowest BCUT2D eigenvalue weighted by Crippen LogP contribution is -2.29. The van der Waals surface area contributed by atoms with Crippen molar-refractivity contribution in [3.8, 4) is 5.75 Å². The molecule has 3 aromatic rings. The highest BCUT2D eigenvalue weighted by Gasteiger charge is 2.18. The van der Waals surface area contributed by atoms with Gasteiger partial charge in [-0.15, -0.1) is 0 Å². The first kappa shape index (κ1) is 22.0. The summed E-state index contributed by atoms with van der Waals surface area (Å²) in [6.45, 7) is 1.68. The first-order chi connectivity index (χ1) is 16.0. The van der Waals surface area contributed by atoms with Crippen LogP contribution in [0.25, 0.3) is 0 Å². The average molecular weight is 444 g/mol. The summed E-state index contributed by atoms with van der Waals surface area (Å²) in [7, 11) is 1.65. The second-order valence-electron chi connectivity index (χ2n) is 7.73. The molecule has 1 aliphatic heterocycles. The van der Waals surface area contributed by atoms with Gasteiger partial charge in [0.25, 0.3) is 11.6 Å². The molecular weight excluding hydrogens is 420 g/mol. The van der Waals surface area contributed by atoms with Crippen LogP contribution in [0.5, 0.6) is 5.75 Å². The van der Waals surface area contributed by atoms with E-state index in [1.54, 1.807) is 13.3 Å². The van der Waals surface area contributed by atoms with Gasteiger partial charge >= 0.3 is 0 Å². The molecular formula is C25H24N4O4. The van der Waals surface area contributed by atoms with Gasteiger partial charge in [0.05, 0.1) is 18.2 Å². The quantitative estimate of drug-likeness (QED) is 0.333. The molecule has 0 unspecified atom stereocenters. The number of nitro groups is 1. The molecule has 0 saturated carbocycles. The summed E-state index contributed by atoms with van der Waals surface area (Å²) >= 11 is 0. The predicted octanol–water partition coefficient (Wildman–Crippen LogP) is 4.32. The van der Waals surface area contributed by atoms with Crippen LogP contribution in [0.15, 0.2) is 71.8 Å². The molecule has 0 atom stereocenters. The summed E-state index contributed by atoms with van der Waals surface area (Å²) in [5.74, 6) is 0.352. The van der Waals surface area contributed by atoms with E-state index < -0.39 is 10.8 Å². The molecule has 1 heterocycles. The highest BCUT2D eigenvalue weighted by molar-refractivity contribution is 5.95. The number of rotatable bonds is 7. The number of non-ortho nitro benzene ring substituents is 1. The average Bonchev–Trinajstić information content (AvgIpc) is 2.84. The standard InChI is InChI=1S/C25H24N4O4/c1-33-24-13-8-18(16-26-27-25(30)20-9-11-22(12-10-20)29(31)32)15-21(24)17-28-14-4-6-19-5-2-3-7-23(19)28/h2-3,5,7-13,15-16H,4,6,14,17H2,1H3,(H,27,30)/b26-16-. The van der Waals surface area contributed by atoms with E-state index in [1.165, 1.54) is 35.5 Å². The minimum absolute atomic E-state index is 0.0721. The second-order valence-corrected chi connectivity index (χ2v) is 7.73. The van der Waals surface area contributed by atoms with Gasteiger partial charge in [-0.1, -0.05) is 18.2 Å². The lowest BCUT2D eigenvalue weighted by atomic mass is 10.0. The minimum Gasteiger partial charge on any atom is -0.496 e. The van der Waals surface area contributed by atoms with Crippen LogP contribution >= 0.6 is 0 Å². The fraction of sp³-hybridized carbons (Fsp3) is 0.200. The maximum Gasteiger partial charge on any atom is 0.271 e. The third kappa shape index (κ3) is 5.17. The number of carbonyl (C=O) groups excluding carboxylic acids is 1. The Morgan fingerprint density at radius 3 is 2.73 bits per heavy atom. The maximum absolute atomic E-state index is 12.2. The predicted molar refractivity (Wildman–Crippen MR) is 127 cm³/mol. The molecule has 168 valence electrons. The molecule has 8 nitrogen and oxygen atoms in total. The molecule has 0 fully saturated rings. The number of ether oxygens (including phenoxy) is 1. The molecule has 33 heavy (non-hydrogen) atoms. The molecule has 1 N–H and O–H groups in total. The summed E-state index contributed by atoms with van der Waals surface area (Å²) in [5.41, 5.74) is 7.13. The van der Waals surface area contributed by atoms with E-state index in [0.717, 1.165) is 36.3 Å². The van der Waals surface area contributed by atoms with Crippen molar-refractivity contribution in [1.82, 2.24) is 5.43 Å². The van der Waals surface area contributed by atoms with Gasteiger partial charge in [-0.25, -0.2) is 5.43 Å². The lowest BCUT2D eigenvalue weighted by Gasteiger charge is -2.31. The van der Waals surface area contributed by atoms with E-state index in [9.17, 15) is 14.9 Å². The number of fused-ring (bicyclic) bond motifs is 1. The normalized spacial score (nSPS) is 12.9. The van der Waals surface area contributed by atoms with Gasteiger partial charge < -0.3 is 9.64 Å². The number of carbonyl (C=O) groups is 1. The van der Waals surface area contributed by atoms with E-state index in [0.29, 0.717) is 6.54 Å². The Morgan fingerprint density at radius 2 is 1.97 bits per heavy atom. The fourth-order valence-electron chi connectivity index (χ4n) is 3.95. The van der Waals surface area contributed by atoms with E-state index in [1.807, 2.05) is 18.2 Å². The molecule has 0 saturated heterocycles. The van der Waals surface area contributed by atoms with Crippen LogP contribution in [0.1, 0.15) is 33.5 Å². The summed E-state index contributed by atoms with van der Waals surface area (Å²) in [5, 5.41) is 14.8. The number of hydrogen-bond donors (Lipinski definition) is 1. The number of anilines is 1. The number of hydrazone groups is 1. The Morgan fingerprint density at radius 1 is 1.18 bits per heavy atom. The van der Waals surface area contributed by atoms with Crippen molar-refractivity contribution in [2.45, 2.75) is 19.4 Å². The largest absolute Gasteiger partial charge is 0.496 e. The zero-order chi connectivity index (χ0) is 23.2. The third-order valence-corrected chi connectivity index (χ3v) is 5.59. The second kappa shape index (κ2) is 9.95. The zero-order valence-corrected chi connectivity index (χ0v) is 18.2. The molecule has 0 aliphatic carbocycles. The minimum atomic E-state index is -0.510. The number of nitrogens with one attached hydrogen (secondary N) is 1. The Bertz CT molecular complexity index is 1190. The number of nitrogens with zero attached hydrogens (tertiary/aromatic N) is 3. The Hall–Kier alpha value is -4.20. The van der Waals surface area contributed by atoms with Crippen molar-refractivity contribution in [3.05, 3.63) is 99.1 Å². The lowest BCUT2D eigenvalue weighted by molar-refractivity contribution is -0.384. The first-order valence-corrected chi connectivity index (χ1v) is 10.6. The van der Waals surface area contributed by atoms with Crippen molar-refractivity contribution in [1.29, 1.82) is 0 Å². The van der Waals surface area contributed by atoms with Crippen LogP contribution in [-0.4, -0.2) is 30.7 Å². The highest BCUT2D eigenvalue weighted by Crippen LogP contribution is 2.30. The Kier molecular flexibility index (Phi) is 6.64. The number of methoxy groups -OCH3 is 1. The molecule has 8 heteroatoms. The van der Waals surface area contributed by atoms with Gasteiger partial charge in [0, 0.05) is 42.0 Å². The molecule has 0 aromatic heterocycles. The van der Waals surface area contributed by atoms with Crippen molar-refractivity contribution in [3.63, 3.8) is 0 Å². The molecule has 0 bridgehead atoms. The van der Waals surface area contributed by atoms with E-state index in [4.69, 9.17) is 4.74 Å². The number of aryl methyl sites for hydroxylation is 1. The van der Waals surface area contributed by atoms with Crippen LogP contribution < -0.4 is 15.1 Å². The smallest absolute Gasteiger partial charge is 0.271 e. The van der Waals surface area contributed by atoms with E-state index in [-0.39, 0.29) is 11.3 Å². The van der Waals surface area contributed by atoms with Crippen LogP contribution in [0.2, 0.25) is 0 Å². The van der Waals surface area contributed by atoms with Crippen LogP contribution in [0.3, 0.4) is 0 Å². The third-order valence-electron chi connectivity index (χ3n) is 5.59. The van der Waals surface area contributed by atoms with Gasteiger partial charge in [0.2, 0.25) is 0 Å². The molecule has 0 radical (unpaired) electrons. The molecule has 3 aromatic carbocycles. The van der Waals surface area contributed by atoms with Crippen molar-refractivity contribution in [2.24, 2.45) is 5.10 Å². The topological polar surface area (TPSA) is 97.1 Å². The van der Waals surface area contributed by atoms with Crippen LogP contribution in [0, 0.1) is 10.1 Å². The monoisotopic (exact) mass is 444 g/mol. The van der Waals surface area contributed by atoms with Gasteiger partial charge in [0.1, 0.15) is 5.75 Å². The Labute approximate surface area is 191 Å². The first-order valence-electron chi connectivity index (χ1n) is 10.6. The van der Waals surface area contributed by atoms with Gasteiger partial charge in [-0.05, 0) is 60.4 Å².